The molecule has 0 radical (unpaired) electrons. The SMILES string of the molecule is O=C(NCc1ccc2[nH]c(=O)[nH]c2c1)c1ccn(Cc2ccccc2)n1. The highest BCUT2D eigenvalue weighted by molar-refractivity contribution is 5.92. The molecular weight excluding hydrogens is 330 g/mol. The quantitative estimate of drug-likeness (QED) is 0.515. The molecule has 0 aliphatic carbocycles. The Bertz CT molecular complexity index is 1110. The van der Waals surface area contributed by atoms with E-state index in [-0.39, 0.29) is 11.6 Å². The van der Waals surface area contributed by atoms with E-state index in [1.165, 1.54) is 0 Å². The van der Waals surface area contributed by atoms with Crippen molar-refractivity contribution < 1.29 is 4.79 Å². The molecule has 0 bridgehead atoms. The number of hydrogen-bond acceptors (Lipinski definition) is 3. The van der Waals surface area contributed by atoms with Crippen molar-refractivity contribution in [2.45, 2.75) is 13.1 Å². The Morgan fingerprint density at radius 2 is 1.81 bits per heavy atom. The maximum absolute atomic E-state index is 12.3. The van der Waals surface area contributed by atoms with Gasteiger partial charge in [0.25, 0.3) is 5.91 Å². The largest absolute Gasteiger partial charge is 0.347 e. The number of benzene rings is 2. The van der Waals surface area contributed by atoms with Gasteiger partial charge in [0.1, 0.15) is 5.69 Å². The molecule has 0 fully saturated rings. The summed E-state index contributed by atoms with van der Waals surface area (Å²) in [7, 11) is 0. The van der Waals surface area contributed by atoms with Crippen LogP contribution in [0.25, 0.3) is 11.0 Å². The molecule has 4 rings (SSSR count). The van der Waals surface area contributed by atoms with E-state index in [2.05, 4.69) is 20.4 Å². The van der Waals surface area contributed by atoms with Gasteiger partial charge in [0, 0.05) is 12.7 Å². The van der Waals surface area contributed by atoms with Gasteiger partial charge in [-0.05, 0) is 29.3 Å². The number of H-pyrrole nitrogens is 2. The molecule has 0 aliphatic heterocycles. The molecule has 26 heavy (non-hydrogen) atoms. The van der Waals surface area contributed by atoms with Crippen LogP contribution < -0.4 is 11.0 Å². The van der Waals surface area contributed by atoms with Gasteiger partial charge in [-0.15, -0.1) is 0 Å². The zero-order valence-corrected chi connectivity index (χ0v) is 13.9. The van der Waals surface area contributed by atoms with E-state index in [1.807, 2.05) is 48.5 Å². The smallest absolute Gasteiger partial charge is 0.323 e. The Balaban J connectivity index is 1.40. The molecule has 0 unspecified atom stereocenters. The molecule has 0 atom stereocenters. The predicted octanol–water partition coefficient (Wildman–Crippen LogP) is 2.03. The maximum atomic E-state index is 12.3. The number of aromatic amines is 2. The fourth-order valence-electron chi connectivity index (χ4n) is 2.80. The van der Waals surface area contributed by atoms with Gasteiger partial charge < -0.3 is 15.3 Å². The fourth-order valence-corrected chi connectivity index (χ4v) is 2.80. The van der Waals surface area contributed by atoms with Crippen molar-refractivity contribution in [2.75, 3.05) is 0 Å². The molecule has 2 heterocycles. The number of amides is 1. The predicted molar refractivity (Wildman–Crippen MR) is 97.9 cm³/mol. The molecule has 0 aliphatic rings. The Morgan fingerprint density at radius 3 is 2.65 bits per heavy atom. The molecule has 0 spiro atoms. The first-order chi connectivity index (χ1) is 12.7. The maximum Gasteiger partial charge on any atom is 0.323 e. The van der Waals surface area contributed by atoms with Crippen LogP contribution in [0, 0.1) is 0 Å². The number of rotatable bonds is 5. The van der Waals surface area contributed by atoms with Crippen LogP contribution in [0.2, 0.25) is 0 Å². The first-order valence-electron chi connectivity index (χ1n) is 8.24. The van der Waals surface area contributed by atoms with Gasteiger partial charge in [-0.3, -0.25) is 9.48 Å². The van der Waals surface area contributed by atoms with Gasteiger partial charge in [-0.1, -0.05) is 36.4 Å². The van der Waals surface area contributed by atoms with Crippen LogP contribution in [0.4, 0.5) is 0 Å². The Kier molecular flexibility index (Phi) is 4.10. The van der Waals surface area contributed by atoms with Gasteiger partial charge >= 0.3 is 5.69 Å². The number of nitrogens with one attached hydrogen (secondary N) is 3. The van der Waals surface area contributed by atoms with E-state index in [9.17, 15) is 9.59 Å². The minimum absolute atomic E-state index is 0.237. The fraction of sp³-hybridized carbons (Fsp3) is 0.105. The lowest BCUT2D eigenvalue weighted by atomic mass is 10.2. The summed E-state index contributed by atoms with van der Waals surface area (Å²) in [6.07, 6.45) is 1.79. The first kappa shape index (κ1) is 15.9. The summed E-state index contributed by atoms with van der Waals surface area (Å²) in [6.45, 7) is 0.971. The molecule has 7 heteroatoms. The molecule has 0 saturated heterocycles. The average Bonchev–Trinajstić information content (AvgIpc) is 3.25. The zero-order valence-electron chi connectivity index (χ0n) is 13.9. The second kappa shape index (κ2) is 6.72. The van der Waals surface area contributed by atoms with Crippen LogP contribution in [0.1, 0.15) is 21.6 Å². The number of carbonyl (C=O) groups excluding carboxylic acids is 1. The summed E-state index contributed by atoms with van der Waals surface area (Å²) in [5.74, 6) is -0.237. The van der Waals surface area contributed by atoms with Crippen LogP contribution >= 0.6 is 0 Å². The topological polar surface area (TPSA) is 95.6 Å². The Morgan fingerprint density at radius 1 is 1.00 bits per heavy atom. The second-order valence-electron chi connectivity index (χ2n) is 6.03. The summed E-state index contributed by atoms with van der Waals surface area (Å²) < 4.78 is 1.74. The highest BCUT2D eigenvalue weighted by Crippen LogP contribution is 2.10. The minimum atomic E-state index is -0.245. The van der Waals surface area contributed by atoms with Crippen molar-refractivity contribution in [3.8, 4) is 0 Å². The van der Waals surface area contributed by atoms with Crippen LogP contribution in [0.5, 0.6) is 0 Å². The summed E-state index contributed by atoms with van der Waals surface area (Å²) in [6, 6.07) is 17.1. The molecule has 1 amide bonds. The monoisotopic (exact) mass is 347 g/mol. The number of hydrogen-bond donors (Lipinski definition) is 3. The molecular formula is C19H17N5O2. The highest BCUT2D eigenvalue weighted by atomic mass is 16.2. The Hall–Kier alpha value is -3.61. The van der Waals surface area contributed by atoms with Crippen LogP contribution in [-0.4, -0.2) is 25.7 Å². The summed E-state index contributed by atoms with van der Waals surface area (Å²) in [4.78, 5) is 29.0. The van der Waals surface area contributed by atoms with E-state index >= 15 is 0 Å². The summed E-state index contributed by atoms with van der Waals surface area (Å²) >= 11 is 0. The molecule has 0 saturated carbocycles. The summed E-state index contributed by atoms with van der Waals surface area (Å²) in [5, 5.41) is 7.17. The molecule has 2 aromatic heterocycles. The van der Waals surface area contributed by atoms with Crippen LogP contribution in [0.15, 0.2) is 65.6 Å². The Labute approximate surface area is 148 Å². The van der Waals surface area contributed by atoms with Gasteiger partial charge in [0.2, 0.25) is 0 Å². The normalized spacial score (nSPS) is 10.9. The molecule has 3 N–H and O–H groups in total. The van der Waals surface area contributed by atoms with E-state index in [1.54, 1.807) is 16.9 Å². The number of fused-ring (bicyclic) bond motifs is 1. The van der Waals surface area contributed by atoms with Gasteiger partial charge in [0.15, 0.2) is 0 Å². The first-order valence-corrected chi connectivity index (χ1v) is 8.24. The number of nitrogens with zero attached hydrogens (tertiary/aromatic N) is 2. The third kappa shape index (κ3) is 3.41. The van der Waals surface area contributed by atoms with E-state index in [0.29, 0.717) is 24.3 Å². The lowest BCUT2D eigenvalue weighted by molar-refractivity contribution is 0.0945. The standard InChI is InChI=1S/C19H17N5O2/c25-18(16-8-9-24(23-16)12-13-4-2-1-3-5-13)20-11-14-6-7-15-17(10-14)22-19(26)21-15/h1-10H,11-12H2,(H,20,25)(H2,21,22,26). The van der Waals surface area contributed by atoms with E-state index < -0.39 is 0 Å². The third-order valence-electron chi connectivity index (χ3n) is 4.09. The average molecular weight is 347 g/mol. The molecule has 2 aromatic carbocycles. The van der Waals surface area contributed by atoms with E-state index in [0.717, 1.165) is 16.6 Å². The third-order valence-corrected chi connectivity index (χ3v) is 4.09. The van der Waals surface area contributed by atoms with Gasteiger partial charge in [-0.25, -0.2) is 4.79 Å². The second-order valence-corrected chi connectivity index (χ2v) is 6.03. The van der Waals surface area contributed by atoms with Crippen molar-refractivity contribution in [1.82, 2.24) is 25.1 Å². The van der Waals surface area contributed by atoms with Crippen molar-refractivity contribution in [2.24, 2.45) is 0 Å². The molecule has 130 valence electrons. The van der Waals surface area contributed by atoms with E-state index in [4.69, 9.17) is 0 Å². The molecule has 4 aromatic rings. The minimum Gasteiger partial charge on any atom is -0.347 e. The van der Waals surface area contributed by atoms with Crippen molar-refractivity contribution in [3.63, 3.8) is 0 Å². The highest BCUT2D eigenvalue weighted by Gasteiger charge is 2.10. The lowest BCUT2D eigenvalue weighted by Crippen LogP contribution is -2.23. The summed E-state index contributed by atoms with van der Waals surface area (Å²) in [5.41, 5.74) is 3.60. The van der Waals surface area contributed by atoms with Gasteiger partial charge in [-0.2, -0.15) is 5.10 Å². The number of imidazole rings is 1. The van der Waals surface area contributed by atoms with Crippen molar-refractivity contribution in [1.29, 1.82) is 0 Å². The van der Waals surface area contributed by atoms with Crippen molar-refractivity contribution in [3.05, 3.63) is 88.1 Å². The molecule has 7 nitrogen and oxygen atoms in total. The van der Waals surface area contributed by atoms with Crippen LogP contribution in [0.3, 0.4) is 0 Å². The number of carbonyl (C=O) groups is 1. The zero-order chi connectivity index (χ0) is 17.9. The van der Waals surface area contributed by atoms with Crippen molar-refractivity contribution >= 4 is 16.9 Å². The van der Waals surface area contributed by atoms with Gasteiger partial charge in [0.05, 0.1) is 17.6 Å². The number of aromatic nitrogens is 4. The van der Waals surface area contributed by atoms with Crippen LogP contribution in [-0.2, 0) is 13.1 Å². The lowest BCUT2D eigenvalue weighted by Gasteiger charge is -2.04.